The van der Waals surface area contributed by atoms with Gasteiger partial charge in [0.05, 0.1) is 0 Å². The number of esters is 1. The largest absolute Gasteiger partial charge is 0.488 e. The van der Waals surface area contributed by atoms with Crippen molar-refractivity contribution in [1.82, 2.24) is 4.90 Å². The molecule has 160 valence electrons. The van der Waals surface area contributed by atoms with Crippen LogP contribution in [0.1, 0.15) is 46.5 Å². The van der Waals surface area contributed by atoms with E-state index in [-0.39, 0.29) is 0 Å². The Morgan fingerprint density at radius 2 is 1.61 bits per heavy atom. The molecule has 1 heterocycles. The fraction of sp³-hybridized carbons (Fsp3) is 0.269. The highest BCUT2D eigenvalue weighted by atomic mass is 35.5. The monoisotopic (exact) mass is 435 g/mol. The minimum absolute atomic E-state index is 0.352. The second-order valence-corrected chi connectivity index (χ2v) is 8.45. The lowest BCUT2D eigenvalue weighted by atomic mass is 9.98. The average Bonchev–Trinajstić information content (AvgIpc) is 3.22. The van der Waals surface area contributed by atoms with Gasteiger partial charge in [-0.15, -0.1) is 0 Å². The number of nitrogens with zero attached hydrogens (tertiary/aromatic N) is 1. The second-order valence-electron chi connectivity index (χ2n) is 8.08. The van der Waals surface area contributed by atoms with Crippen LogP contribution >= 0.6 is 11.6 Å². The zero-order chi connectivity index (χ0) is 22.0. The number of fused-ring (bicyclic) bond motifs is 1. The number of carbonyl (C=O) groups excluding carboxylic acids is 1. The van der Waals surface area contributed by atoms with Crippen molar-refractivity contribution in [3.8, 4) is 11.5 Å². The van der Waals surface area contributed by atoms with Crippen LogP contribution in [-0.2, 0) is 19.7 Å². The van der Waals surface area contributed by atoms with Crippen molar-refractivity contribution in [3.05, 3.63) is 93.5 Å². The maximum Gasteiger partial charge on any atom is 0.347 e. The van der Waals surface area contributed by atoms with Crippen LogP contribution in [0.15, 0.2) is 60.7 Å². The highest BCUT2D eigenvalue weighted by molar-refractivity contribution is 6.33. The van der Waals surface area contributed by atoms with Crippen LogP contribution in [0.25, 0.3) is 0 Å². The predicted molar refractivity (Wildman–Crippen MR) is 123 cm³/mol. The summed E-state index contributed by atoms with van der Waals surface area (Å²) in [6, 6.07) is 19.3. The molecule has 0 aromatic heterocycles. The first-order valence-electron chi connectivity index (χ1n) is 10.5. The van der Waals surface area contributed by atoms with Gasteiger partial charge in [-0.3, -0.25) is 4.90 Å². The number of para-hydroxylation sites is 1. The summed E-state index contributed by atoms with van der Waals surface area (Å²) in [5.41, 5.74) is 4.13. The summed E-state index contributed by atoms with van der Waals surface area (Å²) in [5.74, 6) is 0.602. The van der Waals surface area contributed by atoms with Crippen LogP contribution in [-0.4, -0.2) is 16.9 Å². The van der Waals surface area contributed by atoms with Gasteiger partial charge >= 0.3 is 5.97 Å². The Bertz CT molecular complexity index is 1080. The standard InChI is InChI=1S/C26H26ClNO3/c1-17(2)28-14-21-22(15-28)25(30-16-19-10-6-4-7-11-19)23(18(3)24(21)27)26(29)31-20-12-8-5-9-13-20/h4-13,17H,14-16H2,1-3H3. The first-order valence-corrected chi connectivity index (χ1v) is 10.8. The number of hydrogen-bond donors (Lipinski definition) is 0. The Morgan fingerprint density at radius 1 is 1.00 bits per heavy atom. The van der Waals surface area contributed by atoms with Crippen molar-refractivity contribution < 1.29 is 14.3 Å². The number of ether oxygens (including phenoxy) is 2. The molecule has 1 aliphatic heterocycles. The molecule has 0 saturated carbocycles. The molecule has 0 spiro atoms. The Hall–Kier alpha value is -2.82. The summed E-state index contributed by atoms with van der Waals surface area (Å²) in [6.07, 6.45) is 0. The zero-order valence-electron chi connectivity index (χ0n) is 18.0. The molecular formula is C26H26ClNO3. The van der Waals surface area contributed by atoms with Crippen LogP contribution in [0.2, 0.25) is 5.02 Å². The Kier molecular flexibility index (Phi) is 6.30. The van der Waals surface area contributed by atoms with E-state index in [0.29, 0.717) is 46.8 Å². The third-order valence-electron chi connectivity index (χ3n) is 5.67. The third-order valence-corrected chi connectivity index (χ3v) is 6.18. The zero-order valence-corrected chi connectivity index (χ0v) is 18.8. The van der Waals surface area contributed by atoms with E-state index in [0.717, 1.165) is 23.2 Å². The maximum absolute atomic E-state index is 13.3. The van der Waals surface area contributed by atoms with Gasteiger partial charge in [0, 0.05) is 29.7 Å². The SMILES string of the molecule is Cc1c(Cl)c2c(c(OCc3ccccc3)c1C(=O)Oc1ccccc1)CN(C(C)C)C2. The lowest BCUT2D eigenvalue weighted by Crippen LogP contribution is -2.24. The Morgan fingerprint density at radius 3 is 2.26 bits per heavy atom. The summed E-state index contributed by atoms with van der Waals surface area (Å²) in [6.45, 7) is 7.95. The summed E-state index contributed by atoms with van der Waals surface area (Å²) in [7, 11) is 0. The van der Waals surface area contributed by atoms with Gasteiger partial charge in [0.2, 0.25) is 0 Å². The van der Waals surface area contributed by atoms with Crippen molar-refractivity contribution in [3.63, 3.8) is 0 Å². The van der Waals surface area contributed by atoms with E-state index in [1.54, 1.807) is 12.1 Å². The van der Waals surface area contributed by atoms with E-state index in [9.17, 15) is 4.79 Å². The minimum atomic E-state index is -0.459. The molecular weight excluding hydrogens is 410 g/mol. The lowest BCUT2D eigenvalue weighted by Gasteiger charge is -2.20. The summed E-state index contributed by atoms with van der Waals surface area (Å²) < 4.78 is 12.0. The average molecular weight is 436 g/mol. The van der Waals surface area contributed by atoms with E-state index >= 15 is 0 Å². The molecule has 0 amide bonds. The van der Waals surface area contributed by atoms with Crippen LogP contribution in [0.4, 0.5) is 0 Å². The molecule has 5 heteroatoms. The summed E-state index contributed by atoms with van der Waals surface area (Å²) in [4.78, 5) is 15.6. The molecule has 3 aromatic carbocycles. The molecule has 0 atom stereocenters. The first-order chi connectivity index (χ1) is 15.0. The van der Waals surface area contributed by atoms with E-state index < -0.39 is 5.97 Å². The molecule has 0 aliphatic carbocycles. The number of hydrogen-bond acceptors (Lipinski definition) is 4. The van der Waals surface area contributed by atoms with E-state index in [1.807, 2.05) is 55.5 Å². The predicted octanol–water partition coefficient (Wildman–Crippen LogP) is 6.17. The quantitative estimate of drug-likeness (QED) is 0.343. The van der Waals surface area contributed by atoms with Crippen LogP contribution in [0.5, 0.6) is 11.5 Å². The first kappa shape index (κ1) is 21.4. The number of rotatable bonds is 6. The molecule has 4 nitrogen and oxygen atoms in total. The van der Waals surface area contributed by atoms with Crippen LogP contribution in [0, 0.1) is 6.92 Å². The minimum Gasteiger partial charge on any atom is -0.488 e. The molecule has 31 heavy (non-hydrogen) atoms. The van der Waals surface area contributed by atoms with Crippen molar-refractivity contribution in [2.75, 3.05) is 0 Å². The van der Waals surface area contributed by atoms with Gasteiger partial charge < -0.3 is 9.47 Å². The van der Waals surface area contributed by atoms with Gasteiger partial charge in [-0.2, -0.15) is 0 Å². The molecule has 4 rings (SSSR count). The lowest BCUT2D eigenvalue weighted by molar-refractivity contribution is 0.0728. The van der Waals surface area contributed by atoms with Gasteiger partial charge in [-0.05, 0) is 49.6 Å². The van der Waals surface area contributed by atoms with E-state index in [4.69, 9.17) is 21.1 Å². The smallest absolute Gasteiger partial charge is 0.347 e. The Balaban J connectivity index is 1.76. The van der Waals surface area contributed by atoms with Crippen molar-refractivity contribution in [2.45, 2.75) is 46.5 Å². The number of benzene rings is 3. The van der Waals surface area contributed by atoms with Crippen molar-refractivity contribution in [2.24, 2.45) is 0 Å². The molecule has 0 N–H and O–H groups in total. The summed E-state index contributed by atoms with van der Waals surface area (Å²) in [5, 5.41) is 0.616. The number of carbonyl (C=O) groups is 1. The fourth-order valence-corrected chi connectivity index (χ4v) is 4.14. The topological polar surface area (TPSA) is 38.8 Å². The second kappa shape index (κ2) is 9.13. The summed E-state index contributed by atoms with van der Waals surface area (Å²) >= 11 is 6.76. The molecule has 0 unspecified atom stereocenters. The van der Waals surface area contributed by atoms with E-state index in [1.165, 1.54) is 0 Å². The maximum atomic E-state index is 13.3. The van der Waals surface area contributed by atoms with Gasteiger partial charge in [0.1, 0.15) is 23.7 Å². The number of halogens is 1. The Labute approximate surface area is 188 Å². The van der Waals surface area contributed by atoms with Crippen molar-refractivity contribution in [1.29, 1.82) is 0 Å². The third kappa shape index (κ3) is 4.46. The molecule has 1 aliphatic rings. The highest BCUT2D eigenvalue weighted by Crippen LogP contribution is 2.43. The van der Waals surface area contributed by atoms with Gasteiger partial charge in [0.15, 0.2) is 0 Å². The highest BCUT2D eigenvalue weighted by Gasteiger charge is 2.33. The normalized spacial score (nSPS) is 13.3. The van der Waals surface area contributed by atoms with Crippen molar-refractivity contribution >= 4 is 17.6 Å². The molecule has 0 fully saturated rings. The molecule has 3 aromatic rings. The molecule has 0 bridgehead atoms. The van der Waals surface area contributed by atoms with E-state index in [2.05, 4.69) is 18.7 Å². The van der Waals surface area contributed by atoms with Gasteiger partial charge in [0.25, 0.3) is 0 Å². The van der Waals surface area contributed by atoms with Gasteiger partial charge in [-0.25, -0.2) is 4.79 Å². The molecule has 0 radical (unpaired) electrons. The van der Waals surface area contributed by atoms with Crippen LogP contribution in [0.3, 0.4) is 0 Å². The van der Waals surface area contributed by atoms with Crippen LogP contribution < -0.4 is 9.47 Å². The fourth-order valence-electron chi connectivity index (χ4n) is 3.87. The van der Waals surface area contributed by atoms with Gasteiger partial charge in [-0.1, -0.05) is 60.1 Å². The molecule has 0 saturated heterocycles.